The van der Waals surface area contributed by atoms with Gasteiger partial charge in [-0.05, 0) is 30.3 Å². The number of anilines is 1. The van der Waals surface area contributed by atoms with Crippen LogP contribution in [-0.4, -0.2) is 45.2 Å². The summed E-state index contributed by atoms with van der Waals surface area (Å²) in [7, 11) is -0.967. The summed E-state index contributed by atoms with van der Waals surface area (Å²) in [6.45, 7) is 1.26. The summed E-state index contributed by atoms with van der Waals surface area (Å²) in [6, 6.07) is 13.0. The number of carbonyl (C=O) groups is 2. The van der Waals surface area contributed by atoms with Crippen LogP contribution in [0.15, 0.2) is 53.4 Å². The number of rotatable bonds is 8. The molecule has 0 aromatic heterocycles. The van der Waals surface area contributed by atoms with Gasteiger partial charge in [-0.3, -0.25) is 9.59 Å². The Morgan fingerprint density at radius 3 is 2.32 bits per heavy atom. The van der Waals surface area contributed by atoms with Crippen LogP contribution in [0.5, 0.6) is 5.75 Å². The Hall–Kier alpha value is -2.91. The average Bonchev–Trinajstić information content (AvgIpc) is 2.66. The smallest absolute Gasteiger partial charge is 0.243 e. The molecule has 0 saturated heterocycles. The Balaban J connectivity index is 1.99. The zero-order chi connectivity index (χ0) is 20.7. The van der Waals surface area contributed by atoms with E-state index in [-0.39, 0.29) is 23.9 Å². The molecule has 0 radical (unpaired) electrons. The highest BCUT2D eigenvalue weighted by atomic mass is 32.2. The standard InChI is InChI=1S/C19H23N3O5S/c1-14(23)21-16-8-10-17(11-9-16)28(25,26)22(2)13-19(24)20-12-15-6-4-5-7-18(15)27-3/h4-11H,12-13H2,1-3H3,(H,20,24)(H,21,23). The summed E-state index contributed by atoms with van der Waals surface area (Å²) in [5, 5.41) is 5.25. The lowest BCUT2D eigenvalue weighted by atomic mass is 10.2. The van der Waals surface area contributed by atoms with Crippen molar-refractivity contribution in [2.24, 2.45) is 0 Å². The molecular formula is C19H23N3O5S. The number of amides is 2. The van der Waals surface area contributed by atoms with Crippen LogP contribution in [0.25, 0.3) is 0 Å². The van der Waals surface area contributed by atoms with Gasteiger partial charge in [0.1, 0.15) is 5.75 Å². The third kappa shape index (κ3) is 5.54. The largest absolute Gasteiger partial charge is 0.496 e. The molecule has 0 unspecified atom stereocenters. The molecule has 2 aromatic rings. The van der Waals surface area contributed by atoms with Gasteiger partial charge in [0.15, 0.2) is 0 Å². The molecule has 0 heterocycles. The molecule has 0 aliphatic rings. The van der Waals surface area contributed by atoms with Gasteiger partial charge >= 0.3 is 0 Å². The minimum Gasteiger partial charge on any atom is -0.496 e. The number of likely N-dealkylation sites (N-methyl/N-ethyl adjacent to an activating group) is 1. The highest BCUT2D eigenvalue weighted by Crippen LogP contribution is 2.18. The van der Waals surface area contributed by atoms with Crippen molar-refractivity contribution in [1.29, 1.82) is 0 Å². The van der Waals surface area contributed by atoms with Crippen LogP contribution in [0.1, 0.15) is 12.5 Å². The van der Waals surface area contributed by atoms with Gasteiger partial charge in [-0.25, -0.2) is 8.42 Å². The van der Waals surface area contributed by atoms with E-state index in [1.54, 1.807) is 6.07 Å². The van der Waals surface area contributed by atoms with E-state index in [0.29, 0.717) is 11.4 Å². The van der Waals surface area contributed by atoms with E-state index in [1.165, 1.54) is 45.3 Å². The number of nitrogens with one attached hydrogen (secondary N) is 2. The van der Waals surface area contributed by atoms with Crippen molar-refractivity contribution >= 4 is 27.5 Å². The number of methoxy groups -OCH3 is 1. The first-order valence-electron chi connectivity index (χ1n) is 8.46. The molecule has 2 aromatic carbocycles. The number of carbonyl (C=O) groups excluding carboxylic acids is 2. The Morgan fingerprint density at radius 2 is 1.71 bits per heavy atom. The fraction of sp³-hybridized carbons (Fsp3) is 0.263. The summed E-state index contributed by atoms with van der Waals surface area (Å²) in [5.41, 5.74) is 1.28. The Bertz CT molecular complexity index is 942. The fourth-order valence-corrected chi connectivity index (χ4v) is 3.61. The van der Waals surface area contributed by atoms with Crippen molar-refractivity contribution in [1.82, 2.24) is 9.62 Å². The van der Waals surface area contributed by atoms with Crippen LogP contribution >= 0.6 is 0 Å². The first-order chi connectivity index (χ1) is 13.2. The highest BCUT2D eigenvalue weighted by molar-refractivity contribution is 7.89. The topological polar surface area (TPSA) is 105 Å². The molecule has 0 bridgehead atoms. The lowest BCUT2D eigenvalue weighted by molar-refractivity contribution is -0.121. The number of nitrogens with zero attached hydrogens (tertiary/aromatic N) is 1. The molecule has 0 aliphatic heterocycles. The molecule has 0 aliphatic carbocycles. The Labute approximate surface area is 164 Å². The average molecular weight is 405 g/mol. The van der Waals surface area contributed by atoms with Crippen LogP contribution in [0, 0.1) is 0 Å². The fourth-order valence-electron chi connectivity index (χ4n) is 2.48. The van der Waals surface area contributed by atoms with Gasteiger partial charge in [0.25, 0.3) is 0 Å². The zero-order valence-electron chi connectivity index (χ0n) is 15.9. The molecule has 28 heavy (non-hydrogen) atoms. The van der Waals surface area contributed by atoms with E-state index < -0.39 is 15.9 Å². The number of hydrogen-bond donors (Lipinski definition) is 2. The number of ether oxygens (including phenoxy) is 1. The molecule has 0 spiro atoms. The molecule has 2 amide bonds. The highest BCUT2D eigenvalue weighted by Gasteiger charge is 2.23. The van der Waals surface area contributed by atoms with Crippen molar-refractivity contribution in [2.75, 3.05) is 26.0 Å². The first-order valence-corrected chi connectivity index (χ1v) is 9.90. The maximum Gasteiger partial charge on any atom is 0.243 e. The second kappa shape index (κ2) is 9.34. The van der Waals surface area contributed by atoms with Crippen LogP contribution in [0.2, 0.25) is 0 Å². The molecule has 2 rings (SSSR count). The van der Waals surface area contributed by atoms with Gasteiger partial charge in [0, 0.05) is 31.8 Å². The van der Waals surface area contributed by atoms with Gasteiger partial charge in [-0.2, -0.15) is 4.31 Å². The third-order valence-corrected chi connectivity index (χ3v) is 5.74. The quantitative estimate of drug-likeness (QED) is 0.694. The predicted molar refractivity (Wildman–Crippen MR) is 105 cm³/mol. The SMILES string of the molecule is COc1ccccc1CNC(=O)CN(C)S(=O)(=O)c1ccc(NC(C)=O)cc1. The van der Waals surface area contributed by atoms with Gasteiger partial charge in [0.05, 0.1) is 18.6 Å². The Kier molecular flexibility index (Phi) is 7.13. The predicted octanol–water partition coefficient (Wildman–Crippen LogP) is 1.59. The Morgan fingerprint density at radius 1 is 1.07 bits per heavy atom. The second-order valence-corrected chi connectivity index (χ2v) is 8.10. The molecular weight excluding hydrogens is 382 g/mol. The third-order valence-electron chi connectivity index (χ3n) is 3.92. The molecule has 0 saturated carbocycles. The van der Waals surface area contributed by atoms with Gasteiger partial charge in [-0.15, -0.1) is 0 Å². The van der Waals surface area contributed by atoms with E-state index >= 15 is 0 Å². The molecule has 0 atom stereocenters. The first kappa shape index (κ1) is 21.4. The molecule has 2 N–H and O–H groups in total. The second-order valence-electron chi connectivity index (χ2n) is 6.06. The van der Waals surface area contributed by atoms with Crippen molar-refractivity contribution in [3.05, 3.63) is 54.1 Å². The van der Waals surface area contributed by atoms with Crippen LogP contribution in [0.3, 0.4) is 0 Å². The minimum atomic E-state index is -3.84. The van der Waals surface area contributed by atoms with Crippen LogP contribution in [-0.2, 0) is 26.2 Å². The molecule has 8 nitrogen and oxygen atoms in total. The number of para-hydroxylation sites is 1. The molecule has 150 valence electrons. The summed E-state index contributed by atoms with van der Waals surface area (Å²) in [6.07, 6.45) is 0. The number of sulfonamides is 1. The molecule has 9 heteroatoms. The maximum absolute atomic E-state index is 12.6. The molecule has 0 fully saturated rings. The van der Waals surface area contributed by atoms with E-state index in [2.05, 4.69) is 10.6 Å². The summed E-state index contributed by atoms with van der Waals surface area (Å²) in [5.74, 6) is -0.0469. The van der Waals surface area contributed by atoms with Gasteiger partial charge in [0.2, 0.25) is 21.8 Å². The van der Waals surface area contributed by atoms with Crippen LogP contribution in [0.4, 0.5) is 5.69 Å². The van der Waals surface area contributed by atoms with Gasteiger partial charge in [-0.1, -0.05) is 18.2 Å². The maximum atomic E-state index is 12.6. The van der Waals surface area contributed by atoms with E-state index in [9.17, 15) is 18.0 Å². The van der Waals surface area contributed by atoms with E-state index in [0.717, 1.165) is 9.87 Å². The summed E-state index contributed by atoms with van der Waals surface area (Å²) in [4.78, 5) is 23.2. The normalized spacial score (nSPS) is 11.1. The van der Waals surface area contributed by atoms with Crippen molar-refractivity contribution in [3.8, 4) is 5.75 Å². The van der Waals surface area contributed by atoms with Gasteiger partial charge < -0.3 is 15.4 Å². The van der Waals surface area contributed by atoms with Crippen molar-refractivity contribution < 1.29 is 22.7 Å². The van der Waals surface area contributed by atoms with E-state index in [1.807, 2.05) is 18.2 Å². The lowest BCUT2D eigenvalue weighted by Gasteiger charge is -2.17. The lowest BCUT2D eigenvalue weighted by Crippen LogP contribution is -2.38. The zero-order valence-corrected chi connectivity index (χ0v) is 16.7. The van der Waals surface area contributed by atoms with E-state index in [4.69, 9.17) is 4.74 Å². The monoisotopic (exact) mass is 405 g/mol. The summed E-state index contributed by atoms with van der Waals surface area (Å²) < 4.78 is 31.4. The summed E-state index contributed by atoms with van der Waals surface area (Å²) >= 11 is 0. The van der Waals surface area contributed by atoms with Crippen molar-refractivity contribution in [3.63, 3.8) is 0 Å². The number of benzene rings is 2. The minimum absolute atomic E-state index is 0.0293. The van der Waals surface area contributed by atoms with Crippen LogP contribution < -0.4 is 15.4 Å². The van der Waals surface area contributed by atoms with Crippen molar-refractivity contribution in [2.45, 2.75) is 18.4 Å². The number of hydrogen-bond acceptors (Lipinski definition) is 5.